The summed E-state index contributed by atoms with van der Waals surface area (Å²) in [6, 6.07) is 7.36. The molecule has 0 unspecified atom stereocenters. The van der Waals surface area contributed by atoms with E-state index in [9.17, 15) is 4.79 Å². The van der Waals surface area contributed by atoms with E-state index in [2.05, 4.69) is 10.5 Å². The van der Waals surface area contributed by atoms with Gasteiger partial charge in [0.15, 0.2) is 11.5 Å². The van der Waals surface area contributed by atoms with Crippen LogP contribution in [0, 0.1) is 13.8 Å². The Bertz CT molecular complexity index is 602. The zero-order valence-corrected chi connectivity index (χ0v) is 12.3. The highest BCUT2D eigenvalue weighted by Crippen LogP contribution is 2.25. The molecule has 1 aromatic carbocycles. The Morgan fingerprint density at radius 3 is 2.62 bits per heavy atom. The van der Waals surface area contributed by atoms with Gasteiger partial charge in [0.05, 0.1) is 19.3 Å². The largest absolute Gasteiger partial charge is 0.493 e. The number of nitrogens with one attached hydrogen (secondary N) is 1. The molecule has 0 saturated heterocycles. The fourth-order valence-electron chi connectivity index (χ4n) is 1.96. The third-order valence-electron chi connectivity index (χ3n) is 2.97. The van der Waals surface area contributed by atoms with Crippen LogP contribution in [0.4, 0.5) is 0 Å². The molecule has 1 amide bonds. The first-order valence-corrected chi connectivity index (χ1v) is 6.60. The van der Waals surface area contributed by atoms with E-state index in [-0.39, 0.29) is 5.91 Å². The summed E-state index contributed by atoms with van der Waals surface area (Å²) in [4.78, 5) is 12.0. The number of amides is 1. The SMILES string of the molecule is COc1ccccc1OCCNC(=O)c1c(C)noc1C. The fourth-order valence-corrected chi connectivity index (χ4v) is 1.96. The lowest BCUT2D eigenvalue weighted by atomic mass is 10.2. The molecule has 0 spiro atoms. The van der Waals surface area contributed by atoms with E-state index in [4.69, 9.17) is 14.0 Å². The van der Waals surface area contributed by atoms with Gasteiger partial charge < -0.3 is 19.3 Å². The van der Waals surface area contributed by atoms with Gasteiger partial charge >= 0.3 is 0 Å². The van der Waals surface area contributed by atoms with E-state index in [1.807, 2.05) is 24.3 Å². The summed E-state index contributed by atoms with van der Waals surface area (Å²) in [6.07, 6.45) is 0. The first-order chi connectivity index (χ1) is 10.1. The highest BCUT2D eigenvalue weighted by Gasteiger charge is 2.16. The van der Waals surface area contributed by atoms with Crippen LogP contribution in [0.25, 0.3) is 0 Å². The number of carbonyl (C=O) groups excluding carboxylic acids is 1. The van der Waals surface area contributed by atoms with Gasteiger partial charge in [-0.15, -0.1) is 0 Å². The molecular weight excluding hydrogens is 272 g/mol. The fraction of sp³-hybridized carbons (Fsp3) is 0.333. The Balaban J connectivity index is 1.84. The number of hydrogen-bond donors (Lipinski definition) is 1. The van der Waals surface area contributed by atoms with Crippen molar-refractivity contribution in [2.45, 2.75) is 13.8 Å². The normalized spacial score (nSPS) is 10.2. The van der Waals surface area contributed by atoms with Crippen molar-refractivity contribution in [1.82, 2.24) is 10.5 Å². The Kier molecular flexibility index (Phi) is 4.81. The Labute approximate surface area is 123 Å². The van der Waals surface area contributed by atoms with Gasteiger partial charge in [-0.2, -0.15) is 0 Å². The van der Waals surface area contributed by atoms with Crippen LogP contribution in [0.3, 0.4) is 0 Å². The number of aromatic nitrogens is 1. The van der Waals surface area contributed by atoms with Crippen LogP contribution in [-0.2, 0) is 0 Å². The van der Waals surface area contributed by atoms with E-state index in [1.165, 1.54) is 0 Å². The summed E-state index contributed by atoms with van der Waals surface area (Å²) in [5.74, 6) is 1.60. The van der Waals surface area contributed by atoms with Crippen molar-refractivity contribution < 1.29 is 18.8 Å². The molecular formula is C15H18N2O4. The predicted octanol–water partition coefficient (Wildman–Crippen LogP) is 2.11. The molecule has 21 heavy (non-hydrogen) atoms. The predicted molar refractivity (Wildman–Crippen MR) is 76.8 cm³/mol. The molecule has 0 saturated carbocycles. The van der Waals surface area contributed by atoms with Crippen molar-refractivity contribution >= 4 is 5.91 Å². The molecule has 0 atom stereocenters. The second-order valence-corrected chi connectivity index (χ2v) is 4.45. The molecule has 1 heterocycles. The molecule has 6 heteroatoms. The van der Waals surface area contributed by atoms with E-state index in [1.54, 1.807) is 21.0 Å². The van der Waals surface area contributed by atoms with E-state index in [0.717, 1.165) is 0 Å². The molecule has 0 aliphatic carbocycles. The number of carbonyl (C=O) groups is 1. The highest BCUT2D eigenvalue weighted by molar-refractivity contribution is 5.96. The minimum atomic E-state index is -0.213. The second kappa shape index (κ2) is 6.78. The minimum Gasteiger partial charge on any atom is -0.493 e. The summed E-state index contributed by atoms with van der Waals surface area (Å²) < 4.78 is 15.7. The smallest absolute Gasteiger partial charge is 0.256 e. The number of benzene rings is 1. The maximum atomic E-state index is 12.0. The van der Waals surface area contributed by atoms with E-state index in [0.29, 0.717) is 41.7 Å². The molecule has 2 rings (SSSR count). The van der Waals surface area contributed by atoms with Crippen LogP contribution in [0.15, 0.2) is 28.8 Å². The third kappa shape index (κ3) is 3.53. The molecule has 0 bridgehead atoms. The number of para-hydroxylation sites is 2. The molecule has 0 aliphatic heterocycles. The number of aryl methyl sites for hydroxylation is 2. The van der Waals surface area contributed by atoms with Crippen LogP contribution in [0.2, 0.25) is 0 Å². The lowest BCUT2D eigenvalue weighted by Gasteiger charge is -2.10. The van der Waals surface area contributed by atoms with Crippen LogP contribution in [-0.4, -0.2) is 31.3 Å². The van der Waals surface area contributed by atoms with Gasteiger partial charge in [-0.25, -0.2) is 0 Å². The summed E-state index contributed by atoms with van der Waals surface area (Å²) in [5, 5.41) is 6.52. The molecule has 1 aromatic heterocycles. The second-order valence-electron chi connectivity index (χ2n) is 4.45. The van der Waals surface area contributed by atoms with Crippen molar-refractivity contribution in [2.24, 2.45) is 0 Å². The van der Waals surface area contributed by atoms with Crippen LogP contribution >= 0.6 is 0 Å². The molecule has 2 aromatic rings. The first-order valence-electron chi connectivity index (χ1n) is 6.60. The minimum absolute atomic E-state index is 0.213. The molecule has 112 valence electrons. The van der Waals surface area contributed by atoms with Crippen molar-refractivity contribution in [1.29, 1.82) is 0 Å². The molecule has 0 radical (unpaired) electrons. The maximum absolute atomic E-state index is 12.0. The Morgan fingerprint density at radius 1 is 1.29 bits per heavy atom. The molecule has 1 N–H and O–H groups in total. The van der Waals surface area contributed by atoms with Gasteiger partial charge in [0.1, 0.15) is 17.9 Å². The average molecular weight is 290 g/mol. The van der Waals surface area contributed by atoms with E-state index >= 15 is 0 Å². The number of ether oxygens (including phenoxy) is 2. The van der Waals surface area contributed by atoms with Gasteiger partial charge in [-0.3, -0.25) is 4.79 Å². The summed E-state index contributed by atoms with van der Waals surface area (Å²) >= 11 is 0. The van der Waals surface area contributed by atoms with Crippen molar-refractivity contribution in [3.8, 4) is 11.5 Å². The molecule has 0 fully saturated rings. The number of hydrogen-bond acceptors (Lipinski definition) is 5. The summed E-state index contributed by atoms with van der Waals surface area (Å²) in [7, 11) is 1.58. The van der Waals surface area contributed by atoms with Gasteiger partial charge in [-0.1, -0.05) is 17.3 Å². The molecule has 0 aliphatic rings. The van der Waals surface area contributed by atoms with Gasteiger partial charge in [-0.05, 0) is 26.0 Å². The van der Waals surface area contributed by atoms with Crippen LogP contribution in [0.5, 0.6) is 11.5 Å². The highest BCUT2D eigenvalue weighted by atomic mass is 16.5. The van der Waals surface area contributed by atoms with Crippen molar-refractivity contribution in [3.63, 3.8) is 0 Å². The van der Waals surface area contributed by atoms with Gasteiger partial charge in [0.2, 0.25) is 0 Å². The number of methoxy groups -OCH3 is 1. The van der Waals surface area contributed by atoms with Crippen LogP contribution in [0.1, 0.15) is 21.8 Å². The topological polar surface area (TPSA) is 73.6 Å². The number of nitrogens with zero attached hydrogens (tertiary/aromatic N) is 1. The average Bonchev–Trinajstić information content (AvgIpc) is 2.83. The summed E-state index contributed by atoms with van der Waals surface area (Å²) in [6.45, 7) is 4.16. The van der Waals surface area contributed by atoms with Crippen molar-refractivity contribution in [3.05, 3.63) is 41.3 Å². The van der Waals surface area contributed by atoms with Crippen LogP contribution < -0.4 is 14.8 Å². The Hall–Kier alpha value is -2.50. The van der Waals surface area contributed by atoms with E-state index < -0.39 is 0 Å². The molecule has 6 nitrogen and oxygen atoms in total. The zero-order valence-electron chi connectivity index (χ0n) is 12.3. The first kappa shape index (κ1) is 14.9. The van der Waals surface area contributed by atoms with Gasteiger partial charge in [0.25, 0.3) is 5.91 Å². The standard InChI is InChI=1S/C15H18N2O4/c1-10-14(11(2)21-17-10)15(18)16-8-9-20-13-7-5-4-6-12(13)19-3/h4-7H,8-9H2,1-3H3,(H,16,18). The maximum Gasteiger partial charge on any atom is 0.256 e. The number of rotatable bonds is 6. The lowest BCUT2D eigenvalue weighted by molar-refractivity contribution is 0.0945. The monoisotopic (exact) mass is 290 g/mol. The quantitative estimate of drug-likeness (QED) is 0.825. The summed E-state index contributed by atoms with van der Waals surface area (Å²) in [5.41, 5.74) is 1.06. The third-order valence-corrected chi connectivity index (χ3v) is 2.97. The van der Waals surface area contributed by atoms with Crippen molar-refractivity contribution in [2.75, 3.05) is 20.3 Å². The lowest BCUT2D eigenvalue weighted by Crippen LogP contribution is -2.28. The Morgan fingerprint density at radius 2 is 2.00 bits per heavy atom. The van der Waals surface area contributed by atoms with Gasteiger partial charge in [0, 0.05) is 0 Å². The zero-order chi connectivity index (χ0) is 15.2.